The zero-order chi connectivity index (χ0) is 21.1. The number of allylic oxidation sites excluding steroid dienone is 2. The van der Waals surface area contributed by atoms with Crippen molar-refractivity contribution in [2.75, 3.05) is 0 Å². The fraction of sp³-hybridized carbons (Fsp3) is 0.586. The van der Waals surface area contributed by atoms with Crippen LogP contribution in [0.4, 0.5) is 0 Å². The molecule has 1 N–H and O–H groups in total. The summed E-state index contributed by atoms with van der Waals surface area (Å²) in [4.78, 5) is 0. The molecule has 3 aliphatic carbocycles. The molecule has 162 valence electrons. The maximum absolute atomic E-state index is 11.9. The molecule has 3 aliphatic rings. The van der Waals surface area contributed by atoms with Crippen molar-refractivity contribution in [2.24, 2.45) is 17.8 Å². The Bertz CT molecular complexity index is 811. The van der Waals surface area contributed by atoms with Gasteiger partial charge in [0.25, 0.3) is 0 Å². The Labute approximate surface area is 184 Å². The van der Waals surface area contributed by atoms with Gasteiger partial charge in [-0.2, -0.15) is 0 Å². The molecule has 0 aliphatic heterocycles. The van der Waals surface area contributed by atoms with Gasteiger partial charge in [0.15, 0.2) is 0 Å². The third-order valence-electron chi connectivity index (χ3n) is 7.78. The number of rotatable bonds is 4. The normalized spacial score (nSPS) is 26.2. The van der Waals surface area contributed by atoms with E-state index in [2.05, 4.69) is 57.2 Å². The summed E-state index contributed by atoms with van der Waals surface area (Å²) in [7, 11) is 0. The van der Waals surface area contributed by atoms with Crippen molar-refractivity contribution < 1.29 is 5.11 Å². The minimum atomic E-state index is -0.437. The maximum atomic E-state index is 11.9. The molecule has 0 amide bonds. The van der Waals surface area contributed by atoms with Gasteiger partial charge in [-0.05, 0) is 89.9 Å². The first-order valence-corrected chi connectivity index (χ1v) is 12.5. The molecule has 2 fully saturated rings. The molecular formula is C29H40O. The SMILES string of the molecule is CC1=C(C(C)C)C(C2CCCCC2)=C(C2CCCCC2)C(O)C1=Cc1ccccc1. The zero-order valence-corrected chi connectivity index (χ0v) is 19.3. The fourth-order valence-electron chi connectivity index (χ4n) is 6.40. The van der Waals surface area contributed by atoms with Gasteiger partial charge >= 0.3 is 0 Å². The highest BCUT2D eigenvalue weighted by molar-refractivity contribution is 5.67. The lowest BCUT2D eigenvalue weighted by Crippen LogP contribution is -2.32. The van der Waals surface area contributed by atoms with E-state index in [9.17, 15) is 5.11 Å². The van der Waals surface area contributed by atoms with Crippen LogP contribution >= 0.6 is 0 Å². The molecule has 1 unspecified atom stereocenters. The van der Waals surface area contributed by atoms with E-state index < -0.39 is 6.10 Å². The van der Waals surface area contributed by atoms with Gasteiger partial charge in [-0.3, -0.25) is 0 Å². The number of aliphatic hydroxyl groups excluding tert-OH is 1. The minimum Gasteiger partial charge on any atom is -0.384 e. The Morgan fingerprint density at radius 3 is 1.97 bits per heavy atom. The number of aliphatic hydroxyl groups is 1. The van der Waals surface area contributed by atoms with Crippen LogP contribution in [0.2, 0.25) is 0 Å². The molecule has 0 bridgehead atoms. The van der Waals surface area contributed by atoms with Gasteiger partial charge in [0.1, 0.15) is 6.10 Å². The summed E-state index contributed by atoms with van der Waals surface area (Å²) in [6.07, 6.45) is 15.0. The van der Waals surface area contributed by atoms with E-state index in [0.717, 1.165) is 5.57 Å². The topological polar surface area (TPSA) is 20.2 Å². The molecule has 0 aromatic heterocycles. The van der Waals surface area contributed by atoms with Crippen molar-refractivity contribution in [3.63, 3.8) is 0 Å². The van der Waals surface area contributed by atoms with E-state index in [1.54, 1.807) is 11.1 Å². The van der Waals surface area contributed by atoms with E-state index in [4.69, 9.17) is 0 Å². The molecule has 1 aromatic rings. The zero-order valence-electron chi connectivity index (χ0n) is 19.3. The van der Waals surface area contributed by atoms with Crippen LogP contribution in [-0.4, -0.2) is 11.2 Å². The van der Waals surface area contributed by atoms with Gasteiger partial charge in [-0.25, -0.2) is 0 Å². The third kappa shape index (κ3) is 4.37. The molecule has 0 saturated heterocycles. The van der Waals surface area contributed by atoms with Crippen LogP contribution < -0.4 is 0 Å². The Hall–Kier alpha value is -1.60. The molecule has 4 rings (SSSR count). The highest BCUT2D eigenvalue weighted by atomic mass is 16.3. The second kappa shape index (κ2) is 9.69. The van der Waals surface area contributed by atoms with E-state index in [-0.39, 0.29) is 0 Å². The first-order valence-electron chi connectivity index (χ1n) is 12.5. The third-order valence-corrected chi connectivity index (χ3v) is 7.78. The summed E-state index contributed by atoms with van der Waals surface area (Å²) in [5.74, 6) is 1.70. The highest BCUT2D eigenvalue weighted by Crippen LogP contribution is 2.49. The second-order valence-corrected chi connectivity index (χ2v) is 10.1. The summed E-state index contributed by atoms with van der Waals surface area (Å²) in [6.45, 7) is 6.99. The van der Waals surface area contributed by atoms with Crippen LogP contribution in [0, 0.1) is 17.8 Å². The lowest BCUT2D eigenvalue weighted by Gasteiger charge is -2.41. The van der Waals surface area contributed by atoms with E-state index in [0.29, 0.717) is 17.8 Å². The van der Waals surface area contributed by atoms with Crippen molar-refractivity contribution in [1.29, 1.82) is 0 Å². The molecule has 30 heavy (non-hydrogen) atoms. The van der Waals surface area contributed by atoms with Crippen LogP contribution in [0.5, 0.6) is 0 Å². The molecule has 0 spiro atoms. The smallest absolute Gasteiger partial charge is 0.101 e. The molecule has 0 radical (unpaired) electrons. The Balaban J connectivity index is 1.87. The van der Waals surface area contributed by atoms with Gasteiger partial charge in [0.2, 0.25) is 0 Å². The molecule has 1 aromatic carbocycles. The van der Waals surface area contributed by atoms with Crippen LogP contribution in [0.3, 0.4) is 0 Å². The van der Waals surface area contributed by atoms with Gasteiger partial charge in [0, 0.05) is 0 Å². The van der Waals surface area contributed by atoms with Gasteiger partial charge in [-0.1, -0.05) is 82.7 Å². The van der Waals surface area contributed by atoms with Crippen molar-refractivity contribution in [2.45, 2.75) is 91.1 Å². The largest absolute Gasteiger partial charge is 0.384 e. The van der Waals surface area contributed by atoms with Crippen LogP contribution in [0.15, 0.2) is 58.2 Å². The summed E-state index contributed by atoms with van der Waals surface area (Å²) in [6, 6.07) is 10.6. The van der Waals surface area contributed by atoms with Crippen LogP contribution in [-0.2, 0) is 0 Å². The Morgan fingerprint density at radius 1 is 0.833 bits per heavy atom. The van der Waals surface area contributed by atoms with Crippen LogP contribution in [0.1, 0.15) is 90.5 Å². The lowest BCUT2D eigenvalue weighted by atomic mass is 9.65. The summed E-state index contributed by atoms with van der Waals surface area (Å²) < 4.78 is 0. The van der Waals surface area contributed by atoms with Gasteiger partial charge in [-0.15, -0.1) is 0 Å². The van der Waals surface area contributed by atoms with E-state index >= 15 is 0 Å². The van der Waals surface area contributed by atoms with Gasteiger partial charge < -0.3 is 5.11 Å². The molecule has 1 heteroatoms. The van der Waals surface area contributed by atoms with Crippen LogP contribution in [0.25, 0.3) is 6.08 Å². The molecule has 1 nitrogen and oxygen atoms in total. The standard InChI is InChI=1S/C29H40O/c1-20(2)26-21(3)25(19-22-13-7-4-8-14-22)29(30)28(24-17-11-6-12-18-24)27(26)23-15-9-5-10-16-23/h4,7-8,13-14,19-20,23-24,29-30H,5-6,9-12,15-18H2,1-3H3. The average molecular weight is 405 g/mol. The number of hydrogen-bond acceptors (Lipinski definition) is 1. The van der Waals surface area contributed by atoms with Crippen molar-refractivity contribution in [1.82, 2.24) is 0 Å². The molecular weight excluding hydrogens is 364 g/mol. The summed E-state index contributed by atoms with van der Waals surface area (Å²) in [5, 5.41) is 11.9. The maximum Gasteiger partial charge on any atom is 0.101 e. The predicted octanol–water partition coefficient (Wildman–Crippen LogP) is 7.87. The second-order valence-electron chi connectivity index (χ2n) is 10.1. The van der Waals surface area contributed by atoms with E-state index in [1.807, 2.05) is 0 Å². The summed E-state index contributed by atoms with van der Waals surface area (Å²) in [5.41, 5.74) is 8.23. The predicted molar refractivity (Wildman–Crippen MR) is 128 cm³/mol. The lowest BCUT2D eigenvalue weighted by molar-refractivity contribution is 0.214. The fourth-order valence-corrected chi connectivity index (χ4v) is 6.40. The van der Waals surface area contributed by atoms with Crippen molar-refractivity contribution in [3.8, 4) is 0 Å². The first kappa shape index (κ1) is 21.6. The van der Waals surface area contributed by atoms with E-state index in [1.165, 1.54) is 80.9 Å². The van der Waals surface area contributed by atoms with Crippen molar-refractivity contribution >= 4 is 6.08 Å². The molecule has 2 saturated carbocycles. The molecule has 0 heterocycles. The first-order chi connectivity index (χ1) is 14.6. The Kier molecular flexibility index (Phi) is 6.98. The quantitative estimate of drug-likeness (QED) is 0.541. The monoisotopic (exact) mass is 404 g/mol. The number of hydrogen-bond donors (Lipinski definition) is 1. The Morgan fingerprint density at radius 2 is 1.40 bits per heavy atom. The number of benzene rings is 1. The van der Waals surface area contributed by atoms with Gasteiger partial charge in [0.05, 0.1) is 0 Å². The minimum absolute atomic E-state index is 0.437. The summed E-state index contributed by atoms with van der Waals surface area (Å²) >= 11 is 0. The molecule has 1 atom stereocenters. The average Bonchev–Trinajstić information content (AvgIpc) is 2.78. The van der Waals surface area contributed by atoms with Crippen molar-refractivity contribution in [3.05, 3.63) is 63.8 Å². The highest BCUT2D eigenvalue weighted by Gasteiger charge is 2.38.